The summed E-state index contributed by atoms with van der Waals surface area (Å²) in [6.45, 7) is 0. The highest BCUT2D eigenvalue weighted by molar-refractivity contribution is 9.10. The van der Waals surface area contributed by atoms with Crippen molar-refractivity contribution in [2.45, 2.75) is 29.4 Å². The van der Waals surface area contributed by atoms with E-state index in [9.17, 15) is 4.79 Å². The maximum atomic E-state index is 9.31. The van der Waals surface area contributed by atoms with Gasteiger partial charge in [-0.1, -0.05) is 28.1 Å². The van der Waals surface area contributed by atoms with Crippen LogP contribution in [0.4, 0.5) is 5.69 Å². The number of nitrogens with zero attached hydrogens (tertiary/aromatic N) is 2. The fourth-order valence-electron chi connectivity index (χ4n) is 2.77. The number of carbonyl (C=O) groups is 1. The Labute approximate surface area is 179 Å². The molecule has 0 spiro atoms. The molecule has 1 aliphatic carbocycles. The number of carbonyl (C=O) groups excluding carboxylic acids is 1. The van der Waals surface area contributed by atoms with E-state index >= 15 is 0 Å². The Morgan fingerprint density at radius 3 is 2.46 bits per heavy atom. The molecule has 2 aromatic rings. The molecule has 0 aliphatic heterocycles. The molecule has 1 fully saturated rings. The van der Waals surface area contributed by atoms with Gasteiger partial charge >= 0.3 is 0 Å². The predicted octanol–water partition coefficient (Wildman–Crippen LogP) is 3.89. The predicted molar refractivity (Wildman–Crippen MR) is 119 cm³/mol. The number of thioether (sulfide) groups is 1. The number of anilines is 1. The standard InChI is InChI=1S/C18H21BrN2OS.C2H6N2O/c1-21(20)16-5-3-4-14(12-6-7-12)15(16)11-23-18-10-13(19)8-9-17(18)22-2;1-4(3)2-5/h3-5,8-10,12H,6-7,11,20H2,1-2H3;2H,3H2,1H3. The summed E-state index contributed by atoms with van der Waals surface area (Å²) in [6.07, 6.45) is 3.10. The summed E-state index contributed by atoms with van der Waals surface area (Å²) in [5, 5.41) is 2.67. The third-order valence-corrected chi connectivity index (χ3v) is 5.80. The van der Waals surface area contributed by atoms with Crippen LogP contribution < -0.4 is 21.4 Å². The van der Waals surface area contributed by atoms with Crippen molar-refractivity contribution in [2.75, 3.05) is 26.2 Å². The number of amides is 1. The van der Waals surface area contributed by atoms with Crippen LogP contribution in [0.3, 0.4) is 0 Å². The smallest absolute Gasteiger partial charge is 0.223 e. The Morgan fingerprint density at radius 2 is 1.93 bits per heavy atom. The topological polar surface area (TPSA) is 84.8 Å². The molecule has 1 saturated carbocycles. The fraction of sp³-hybridized carbons (Fsp3) is 0.350. The first-order valence-electron chi connectivity index (χ1n) is 8.86. The molecule has 0 radical (unpaired) electrons. The zero-order valence-electron chi connectivity index (χ0n) is 16.4. The van der Waals surface area contributed by atoms with Gasteiger partial charge in [0.1, 0.15) is 5.75 Å². The Hall–Kier alpha value is -1.74. The van der Waals surface area contributed by atoms with Crippen LogP contribution in [0.1, 0.15) is 29.9 Å². The third-order valence-electron chi connectivity index (χ3n) is 4.25. The van der Waals surface area contributed by atoms with Crippen molar-refractivity contribution in [1.29, 1.82) is 0 Å². The number of benzene rings is 2. The minimum Gasteiger partial charge on any atom is -0.496 e. The van der Waals surface area contributed by atoms with Gasteiger partial charge in [-0.15, -0.1) is 11.8 Å². The van der Waals surface area contributed by atoms with Gasteiger partial charge in [0.05, 0.1) is 17.7 Å². The van der Waals surface area contributed by atoms with Gasteiger partial charge in [0.15, 0.2) is 0 Å². The lowest BCUT2D eigenvalue weighted by molar-refractivity contribution is -0.117. The average Bonchev–Trinajstić information content (AvgIpc) is 3.51. The molecule has 0 unspecified atom stereocenters. The molecule has 152 valence electrons. The third kappa shape index (κ3) is 6.41. The van der Waals surface area contributed by atoms with Crippen LogP contribution >= 0.6 is 27.7 Å². The van der Waals surface area contributed by atoms with Crippen molar-refractivity contribution >= 4 is 39.8 Å². The second-order valence-corrected chi connectivity index (χ2v) is 8.52. The highest BCUT2D eigenvalue weighted by Gasteiger charge is 2.27. The van der Waals surface area contributed by atoms with Crippen molar-refractivity contribution in [3.8, 4) is 5.75 Å². The lowest BCUT2D eigenvalue weighted by atomic mass is 10.0. The molecule has 0 atom stereocenters. The molecule has 28 heavy (non-hydrogen) atoms. The lowest BCUT2D eigenvalue weighted by Crippen LogP contribution is -2.26. The zero-order valence-corrected chi connectivity index (χ0v) is 18.8. The molecule has 0 bridgehead atoms. The van der Waals surface area contributed by atoms with Crippen LogP contribution in [0.5, 0.6) is 5.75 Å². The number of halogens is 1. The Balaban J connectivity index is 0.000000500. The van der Waals surface area contributed by atoms with Gasteiger partial charge in [-0.05, 0) is 54.2 Å². The van der Waals surface area contributed by atoms with E-state index in [2.05, 4.69) is 40.2 Å². The summed E-state index contributed by atoms with van der Waals surface area (Å²) in [5.74, 6) is 13.3. The van der Waals surface area contributed by atoms with E-state index in [4.69, 9.17) is 16.4 Å². The minimum atomic E-state index is 0.528. The fourth-order valence-corrected chi connectivity index (χ4v) is 4.40. The Kier molecular flexibility index (Phi) is 8.62. The van der Waals surface area contributed by atoms with E-state index < -0.39 is 0 Å². The molecule has 3 rings (SSSR count). The molecule has 8 heteroatoms. The Morgan fingerprint density at radius 1 is 1.25 bits per heavy atom. The van der Waals surface area contributed by atoms with Crippen molar-refractivity contribution < 1.29 is 9.53 Å². The second kappa shape index (κ2) is 10.7. The number of hydrogen-bond acceptors (Lipinski definition) is 6. The molecule has 4 N–H and O–H groups in total. The number of hydrogen-bond donors (Lipinski definition) is 2. The van der Waals surface area contributed by atoms with Crippen molar-refractivity contribution in [1.82, 2.24) is 5.01 Å². The molecule has 0 heterocycles. The summed E-state index contributed by atoms with van der Waals surface area (Å²) >= 11 is 5.33. The van der Waals surface area contributed by atoms with Gasteiger partial charge in [-0.2, -0.15) is 0 Å². The van der Waals surface area contributed by atoms with Gasteiger partial charge in [0, 0.05) is 24.3 Å². The number of ether oxygens (including phenoxy) is 1. The van der Waals surface area contributed by atoms with Crippen LogP contribution in [-0.4, -0.2) is 32.6 Å². The number of hydrazine groups is 2. The maximum absolute atomic E-state index is 9.31. The van der Waals surface area contributed by atoms with Crippen LogP contribution in [0.15, 0.2) is 45.8 Å². The first kappa shape index (κ1) is 22.5. The molecule has 0 aromatic heterocycles. The van der Waals surface area contributed by atoms with Crippen LogP contribution in [0.25, 0.3) is 0 Å². The van der Waals surface area contributed by atoms with Crippen molar-refractivity contribution in [3.63, 3.8) is 0 Å². The lowest BCUT2D eigenvalue weighted by Gasteiger charge is -2.20. The van der Waals surface area contributed by atoms with Crippen LogP contribution in [0.2, 0.25) is 0 Å². The maximum Gasteiger partial charge on any atom is 0.223 e. The van der Waals surface area contributed by atoms with Gasteiger partial charge in [-0.3, -0.25) is 9.80 Å². The van der Waals surface area contributed by atoms with Gasteiger partial charge in [0.25, 0.3) is 0 Å². The summed E-state index contributed by atoms with van der Waals surface area (Å²) in [5.41, 5.74) is 3.89. The van der Waals surface area contributed by atoms with Crippen LogP contribution in [-0.2, 0) is 10.5 Å². The van der Waals surface area contributed by atoms with E-state index in [-0.39, 0.29) is 0 Å². The monoisotopic (exact) mass is 466 g/mol. The van der Waals surface area contributed by atoms with E-state index in [1.807, 2.05) is 19.2 Å². The average molecular weight is 467 g/mol. The van der Waals surface area contributed by atoms with Crippen LogP contribution in [0, 0.1) is 0 Å². The summed E-state index contributed by atoms with van der Waals surface area (Å²) in [7, 11) is 5.08. The van der Waals surface area contributed by atoms with Gasteiger partial charge < -0.3 is 9.75 Å². The summed E-state index contributed by atoms with van der Waals surface area (Å²) < 4.78 is 6.54. The molecule has 1 amide bonds. The van der Waals surface area contributed by atoms with Crippen molar-refractivity contribution in [3.05, 3.63) is 52.0 Å². The summed E-state index contributed by atoms with van der Waals surface area (Å²) in [6, 6.07) is 12.6. The first-order valence-corrected chi connectivity index (χ1v) is 10.6. The van der Waals surface area contributed by atoms with E-state index in [1.165, 1.54) is 31.0 Å². The van der Waals surface area contributed by atoms with E-state index in [1.54, 1.807) is 23.9 Å². The first-order chi connectivity index (χ1) is 13.4. The molecular weight excluding hydrogens is 440 g/mol. The quantitative estimate of drug-likeness (QED) is 0.211. The molecule has 0 saturated heterocycles. The highest BCUT2D eigenvalue weighted by Crippen LogP contribution is 2.45. The number of nitrogens with two attached hydrogens (primary N) is 2. The number of rotatable bonds is 7. The van der Waals surface area contributed by atoms with E-state index in [0.717, 1.165) is 31.6 Å². The SMILES string of the molecule is CN(N)C=O.COc1ccc(Br)cc1SCc1c(C2CC2)cccc1N(C)N. The molecule has 6 nitrogen and oxygen atoms in total. The summed E-state index contributed by atoms with van der Waals surface area (Å²) in [4.78, 5) is 10.4. The number of methoxy groups -OCH3 is 1. The molecular formula is C20H27BrN4O2S. The molecule has 2 aromatic carbocycles. The van der Waals surface area contributed by atoms with Crippen molar-refractivity contribution in [2.24, 2.45) is 11.7 Å². The highest BCUT2D eigenvalue weighted by atomic mass is 79.9. The zero-order chi connectivity index (χ0) is 20.7. The normalized spacial score (nSPS) is 12.6. The van der Waals surface area contributed by atoms with Gasteiger partial charge in [-0.25, -0.2) is 11.7 Å². The molecule has 1 aliphatic rings. The Bertz CT molecular complexity index is 778. The van der Waals surface area contributed by atoms with E-state index in [0.29, 0.717) is 12.3 Å². The largest absolute Gasteiger partial charge is 0.496 e. The second-order valence-electron chi connectivity index (χ2n) is 6.58. The minimum absolute atomic E-state index is 0.528. The van der Waals surface area contributed by atoms with Gasteiger partial charge in [0.2, 0.25) is 6.41 Å².